The number of halogens is 3. The van der Waals surface area contributed by atoms with Crippen LogP contribution in [0.3, 0.4) is 0 Å². The molecule has 1 aromatic rings. The van der Waals surface area contributed by atoms with Gasteiger partial charge in [0.05, 0.1) is 10.7 Å². The molecule has 8 heteroatoms. The van der Waals surface area contributed by atoms with E-state index in [2.05, 4.69) is 10.6 Å². The maximum absolute atomic E-state index is 14.0. The maximum Gasteiger partial charge on any atom is 0.321 e. The van der Waals surface area contributed by atoms with Crippen LogP contribution in [0, 0.1) is 17.1 Å². The van der Waals surface area contributed by atoms with E-state index in [1.807, 2.05) is 0 Å². The molecule has 1 aliphatic rings. The Balaban J connectivity index is 0.00000220. The molecule has 2 amide bonds. The third kappa shape index (κ3) is 4.47. The molecule has 0 unspecified atom stereocenters. The third-order valence-corrected chi connectivity index (χ3v) is 3.38. The van der Waals surface area contributed by atoms with Crippen molar-refractivity contribution in [2.75, 3.05) is 18.5 Å². The quantitative estimate of drug-likeness (QED) is 0.587. The van der Waals surface area contributed by atoms with Crippen molar-refractivity contribution >= 4 is 41.7 Å². The molecule has 3 N–H and O–H groups in total. The summed E-state index contributed by atoms with van der Waals surface area (Å²) < 4.78 is 14.0. The number of amides is 2. The van der Waals surface area contributed by atoms with Crippen LogP contribution in [0.15, 0.2) is 18.2 Å². The van der Waals surface area contributed by atoms with Gasteiger partial charge in [-0.05, 0) is 30.9 Å². The van der Waals surface area contributed by atoms with E-state index in [9.17, 15) is 9.18 Å². The molecular weight excluding hydrogens is 318 g/mol. The van der Waals surface area contributed by atoms with Gasteiger partial charge >= 0.3 is 6.03 Å². The number of nitrogens with one attached hydrogen (secondary N) is 3. The Labute approximate surface area is 133 Å². The molecule has 0 spiro atoms. The molecule has 0 bridgehead atoms. The molecular formula is C13H17Cl2FN4O. The third-order valence-electron chi connectivity index (χ3n) is 3.07. The molecule has 0 saturated heterocycles. The second-order valence-electron chi connectivity index (χ2n) is 4.68. The highest BCUT2D eigenvalue weighted by atomic mass is 35.5. The SMILES string of the molecule is CNC(=O)NC(=N)N(CC1CC1)c1c(F)cccc1Cl.Cl. The van der Waals surface area contributed by atoms with E-state index in [1.54, 1.807) is 6.07 Å². The lowest BCUT2D eigenvalue weighted by Crippen LogP contribution is -2.47. The van der Waals surface area contributed by atoms with Crippen LogP contribution in [-0.2, 0) is 0 Å². The van der Waals surface area contributed by atoms with E-state index in [0.29, 0.717) is 12.5 Å². The van der Waals surface area contributed by atoms with Crippen molar-refractivity contribution in [2.24, 2.45) is 5.92 Å². The van der Waals surface area contributed by atoms with Crippen LogP contribution in [-0.4, -0.2) is 25.6 Å². The van der Waals surface area contributed by atoms with Crippen molar-refractivity contribution in [3.63, 3.8) is 0 Å². The zero-order valence-electron chi connectivity index (χ0n) is 11.5. The van der Waals surface area contributed by atoms with Crippen molar-refractivity contribution in [1.82, 2.24) is 10.6 Å². The van der Waals surface area contributed by atoms with Crippen molar-refractivity contribution < 1.29 is 9.18 Å². The van der Waals surface area contributed by atoms with E-state index in [4.69, 9.17) is 17.0 Å². The van der Waals surface area contributed by atoms with Crippen molar-refractivity contribution in [1.29, 1.82) is 5.41 Å². The molecule has 1 saturated carbocycles. The average molecular weight is 335 g/mol. The summed E-state index contributed by atoms with van der Waals surface area (Å²) in [4.78, 5) is 12.7. The van der Waals surface area contributed by atoms with Crippen molar-refractivity contribution in [3.8, 4) is 0 Å². The van der Waals surface area contributed by atoms with Gasteiger partial charge in [-0.15, -0.1) is 12.4 Å². The minimum absolute atomic E-state index is 0. The summed E-state index contributed by atoms with van der Waals surface area (Å²) >= 11 is 6.04. The molecule has 0 aliphatic heterocycles. The zero-order valence-corrected chi connectivity index (χ0v) is 13.0. The Kier molecular flexibility index (Phi) is 6.23. The lowest BCUT2D eigenvalue weighted by Gasteiger charge is -2.26. The van der Waals surface area contributed by atoms with Crippen LogP contribution in [0.1, 0.15) is 12.8 Å². The molecule has 116 valence electrons. The fraction of sp³-hybridized carbons (Fsp3) is 0.385. The molecule has 0 atom stereocenters. The number of urea groups is 1. The summed E-state index contributed by atoms with van der Waals surface area (Å²) in [5, 5.41) is 12.9. The summed E-state index contributed by atoms with van der Waals surface area (Å²) in [5.74, 6) is -0.303. The molecule has 2 rings (SSSR count). The summed E-state index contributed by atoms with van der Waals surface area (Å²) in [6, 6.07) is 3.83. The van der Waals surface area contributed by atoms with Crippen LogP contribution in [0.5, 0.6) is 0 Å². The van der Waals surface area contributed by atoms with Gasteiger partial charge in [-0.25, -0.2) is 9.18 Å². The van der Waals surface area contributed by atoms with Crippen LogP contribution in [0.25, 0.3) is 0 Å². The van der Waals surface area contributed by atoms with Gasteiger partial charge in [0.15, 0.2) is 0 Å². The Morgan fingerprint density at radius 2 is 2.19 bits per heavy atom. The van der Waals surface area contributed by atoms with E-state index >= 15 is 0 Å². The second-order valence-corrected chi connectivity index (χ2v) is 5.08. The number of anilines is 1. The number of guanidine groups is 1. The largest absolute Gasteiger partial charge is 0.341 e. The fourth-order valence-electron chi connectivity index (χ4n) is 1.84. The normalized spacial score (nSPS) is 13.1. The second kappa shape index (κ2) is 7.47. The number of hydrogen-bond acceptors (Lipinski definition) is 2. The van der Waals surface area contributed by atoms with Crippen molar-refractivity contribution in [2.45, 2.75) is 12.8 Å². The van der Waals surface area contributed by atoms with Gasteiger partial charge in [-0.2, -0.15) is 0 Å². The van der Waals surface area contributed by atoms with Crippen LogP contribution >= 0.6 is 24.0 Å². The average Bonchev–Trinajstić information content (AvgIpc) is 3.21. The summed E-state index contributed by atoms with van der Waals surface area (Å²) in [7, 11) is 1.45. The molecule has 1 aliphatic carbocycles. The van der Waals surface area contributed by atoms with Crippen molar-refractivity contribution in [3.05, 3.63) is 29.0 Å². The number of rotatable bonds is 3. The summed E-state index contributed by atoms with van der Waals surface area (Å²) in [5.41, 5.74) is 0.127. The Morgan fingerprint density at radius 1 is 1.52 bits per heavy atom. The minimum atomic E-state index is -0.525. The van der Waals surface area contributed by atoms with E-state index in [0.717, 1.165) is 12.8 Å². The molecule has 0 heterocycles. The lowest BCUT2D eigenvalue weighted by molar-refractivity contribution is 0.247. The standard InChI is InChI=1S/C13H16ClFN4O.ClH/c1-17-13(20)18-12(16)19(7-8-5-6-8)11-9(14)3-2-4-10(11)15;/h2-4,8H,5-7H2,1H3,(H3,16,17,18,20);1H. The predicted molar refractivity (Wildman–Crippen MR) is 84.0 cm³/mol. The van der Waals surface area contributed by atoms with Gasteiger partial charge in [0.1, 0.15) is 5.82 Å². The first-order valence-electron chi connectivity index (χ1n) is 6.31. The number of benzene rings is 1. The molecule has 5 nitrogen and oxygen atoms in total. The van der Waals surface area contributed by atoms with Gasteiger partial charge < -0.3 is 10.2 Å². The maximum atomic E-state index is 14.0. The molecule has 1 fully saturated rings. The van der Waals surface area contributed by atoms with Crippen LogP contribution in [0.2, 0.25) is 5.02 Å². The Bertz CT molecular complexity index is 517. The van der Waals surface area contributed by atoms with Gasteiger partial charge in [0.25, 0.3) is 0 Å². The highest BCUT2D eigenvalue weighted by Crippen LogP contribution is 2.35. The highest BCUT2D eigenvalue weighted by Gasteiger charge is 2.29. The summed E-state index contributed by atoms with van der Waals surface area (Å²) in [6.45, 7) is 0.462. The smallest absolute Gasteiger partial charge is 0.321 e. The first-order valence-corrected chi connectivity index (χ1v) is 6.69. The predicted octanol–water partition coefficient (Wildman–Crippen LogP) is 2.98. The zero-order chi connectivity index (χ0) is 14.7. The Morgan fingerprint density at radius 3 is 2.71 bits per heavy atom. The van der Waals surface area contributed by atoms with Crippen LogP contribution < -0.4 is 15.5 Å². The molecule has 0 aromatic heterocycles. The number of carbonyl (C=O) groups is 1. The first kappa shape index (κ1) is 17.5. The Hall–Kier alpha value is -1.53. The fourth-order valence-corrected chi connectivity index (χ4v) is 2.10. The van der Waals surface area contributed by atoms with Gasteiger partial charge in [0, 0.05) is 13.6 Å². The molecule has 21 heavy (non-hydrogen) atoms. The lowest BCUT2D eigenvalue weighted by atomic mass is 10.2. The minimum Gasteiger partial charge on any atom is -0.341 e. The van der Waals surface area contributed by atoms with Gasteiger partial charge in [-0.3, -0.25) is 10.7 Å². The van der Waals surface area contributed by atoms with Gasteiger partial charge in [0.2, 0.25) is 5.96 Å². The number of para-hydroxylation sites is 1. The summed E-state index contributed by atoms with van der Waals surface area (Å²) in [6.07, 6.45) is 2.08. The monoisotopic (exact) mass is 334 g/mol. The van der Waals surface area contributed by atoms with Crippen LogP contribution in [0.4, 0.5) is 14.9 Å². The number of nitrogens with zero attached hydrogens (tertiary/aromatic N) is 1. The van der Waals surface area contributed by atoms with E-state index < -0.39 is 11.8 Å². The van der Waals surface area contributed by atoms with Gasteiger partial charge in [-0.1, -0.05) is 17.7 Å². The first-order chi connectivity index (χ1) is 9.52. The number of carbonyl (C=O) groups excluding carboxylic acids is 1. The molecule has 0 radical (unpaired) electrons. The van der Waals surface area contributed by atoms with E-state index in [1.165, 1.54) is 24.1 Å². The molecule has 1 aromatic carbocycles. The number of hydrogen-bond donors (Lipinski definition) is 3. The highest BCUT2D eigenvalue weighted by molar-refractivity contribution is 6.34. The van der Waals surface area contributed by atoms with E-state index in [-0.39, 0.29) is 29.1 Å². The topological polar surface area (TPSA) is 68.2 Å².